The molecule has 3 aromatic rings. The number of hydrogen-bond acceptors (Lipinski definition) is 4. The Labute approximate surface area is 272 Å². The van der Waals surface area contributed by atoms with Crippen molar-refractivity contribution in [1.82, 2.24) is 0 Å². The lowest BCUT2D eigenvalue weighted by atomic mass is 9.99. The molecule has 0 aliphatic heterocycles. The Morgan fingerprint density at radius 2 is 1.02 bits per heavy atom. The van der Waals surface area contributed by atoms with Crippen molar-refractivity contribution in [3.05, 3.63) is 118 Å². The lowest BCUT2D eigenvalue weighted by Gasteiger charge is -2.32. The van der Waals surface area contributed by atoms with Gasteiger partial charge in [-0.15, -0.1) is 0 Å². The number of hydrogen-bond donors (Lipinski definition) is 0. The Kier molecular flexibility index (Phi) is 19.5. The van der Waals surface area contributed by atoms with Crippen LogP contribution in [-0.4, -0.2) is 24.9 Å². The van der Waals surface area contributed by atoms with Crippen molar-refractivity contribution >= 4 is 0 Å². The van der Waals surface area contributed by atoms with Crippen LogP contribution < -0.4 is 0 Å². The van der Waals surface area contributed by atoms with Gasteiger partial charge in [0.05, 0.1) is 44.7 Å². The third kappa shape index (κ3) is 16.1. The van der Waals surface area contributed by atoms with Gasteiger partial charge in [0.1, 0.15) is 0 Å². The zero-order valence-corrected chi connectivity index (χ0v) is 27.5. The second kappa shape index (κ2) is 24.1. The normalized spacial score (nSPS) is 13.2. The van der Waals surface area contributed by atoms with Crippen molar-refractivity contribution < 1.29 is 14.2 Å². The molecule has 0 N–H and O–H groups in total. The van der Waals surface area contributed by atoms with Crippen molar-refractivity contribution in [1.29, 1.82) is 0 Å². The van der Waals surface area contributed by atoms with Gasteiger partial charge in [-0.1, -0.05) is 180 Å². The summed E-state index contributed by atoms with van der Waals surface area (Å²) in [4.78, 5) is 3.21. The fourth-order valence-electron chi connectivity index (χ4n) is 5.67. The summed E-state index contributed by atoms with van der Waals surface area (Å²) in [5.41, 5.74) is 12.8. The Hall–Kier alpha value is -3.15. The first kappa shape index (κ1) is 36.3. The predicted octanol–water partition coefficient (Wildman–Crippen LogP) is 11.1. The second-order valence-electron chi connectivity index (χ2n) is 12.0. The molecule has 0 amide bonds. The minimum absolute atomic E-state index is 0.243. The highest BCUT2D eigenvalue weighted by atomic mass is 16.5. The van der Waals surface area contributed by atoms with Crippen molar-refractivity contribution in [3.63, 3.8) is 0 Å². The molecule has 3 aromatic carbocycles. The fourth-order valence-corrected chi connectivity index (χ4v) is 5.67. The molecule has 0 radical (unpaired) electrons. The maximum Gasteiger partial charge on any atom is 0.0948 e. The van der Waals surface area contributed by atoms with Crippen LogP contribution in [0.5, 0.6) is 0 Å². The predicted molar refractivity (Wildman–Crippen MR) is 185 cm³/mol. The molecule has 3 rings (SSSR count). The smallest absolute Gasteiger partial charge is 0.0948 e. The van der Waals surface area contributed by atoms with Crippen LogP contribution in [0.2, 0.25) is 0 Å². The van der Waals surface area contributed by atoms with Gasteiger partial charge in [0, 0.05) is 4.91 Å². The number of rotatable bonds is 26. The summed E-state index contributed by atoms with van der Waals surface area (Å²) >= 11 is 0. The first-order chi connectivity index (χ1) is 22.3. The minimum atomic E-state index is -0.527. The third-order valence-corrected chi connectivity index (χ3v) is 8.28. The Bertz CT molecular complexity index is 1160. The number of benzene rings is 3. The molecule has 244 valence electrons. The van der Waals surface area contributed by atoms with E-state index in [-0.39, 0.29) is 12.7 Å². The molecule has 0 fully saturated rings. The van der Waals surface area contributed by atoms with E-state index < -0.39 is 12.1 Å². The van der Waals surface area contributed by atoms with Gasteiger partial charge in [0.2, 0.25) is 0 Å². The van der Waals surface area contributed by atoms with Crippen LogP contribution in [0.4, 0.5) is 0 Å². The van der Waals surface area contributed by atoms with Crippen molar-refractivity contribution in [2.45, 2.75) is 128 Å². The van der Waals surface area contributed by atoms with Crippen LogP contribution in [0.1, 0.15) is 107 Å². The Balaban J connectivity index is 1.62. The van der Waals surface area contributed by atoms with E-state index in [2.05, 4.69) is 41.2 Å². The number of azide groups is 1. The molecule has 0 aliphatic rings. The van der Waals surface area contributed by atoms with Gasteiger partial charge in [0.15, 0.2) is 0 Å². The standard InChI is InChI=1S/C39H55N3O3/c1-2-3-4-5-6-7-8-9-10-11-12-22-29-38(44-31-35-25-18-14-19-26-35)39(45-32-36-27-20-15-21-28-36)37(41-42-40)33-43-30-34-23-16-13-17-24-34/h13-21,23-28,37-39H,2-12,22,29-33H2,1H3/t37-,38+,39-/m0/s1. The molecule has 0 spiro atoms. The van der Waals surface area contributed by atoms with Gasteiger partial charge in [-0.2, -0.15) is 0 Å². The van der Waals surface area contributed by atoms with Gasteiger partial charge < -0.3 is 14.2 Å². The number of unbranched alkanes of at least 4 members (excludes halogenated alkanes) is 11. The number of nitrogens with zero attached hydrogens (tertiary/aromatic N) is 3. The molecule has 45 heavy (non-hydrogen) atoms. The van der Waals surface area contributed by atoms with E-state index in [1.165, 1.54) is 64.2 Å². The van der Waals surface area contributed by atoms with Crippen LogP contribution in [0, 0.1) is 0 Å². The van der Waals surface area contributed by atoms with Crippen LogP contribution in [-0.2, 0) is 34.0 Å². The largest absolute Gasteiger partial charge is 0.376 e. The van der Waals surface area contributed by atoms with Crippen LogP contribution in [0.25, 0.3) is 10.4 Å². The summed E-state index contributed by atoms with van der Waals surface area (Å²) < 4.78 is 19.3. The SMILES string of the molecule is CCCCCCCCCCCCCC[C@@H](OCc1ccccc1)[C@@H](OCc1ccccc1)[C@H](COCc1ccccc1)N=[N+]=[N-]. The molecule has 0 aromatic heterocycles. The minimum Gasteiger partial charge on any atom is -0.376 e. The summed E-state index contributed by atoms with van der Waals surface area (Å²) in [6.07, 6.45) is 15.7. The molecular weight excluding hydrogens is 558 g/mol. The molecule has 0 aliphatic carbocycles. The highest BCUT2D eigenvalue weighted by Crippen LogP contribution is 2.23. The van der Waals surface area contributed by atoms with Gasteiger partial charge >= 0.3 is 0 Å². The summed E-state index contributed by atoms with van der Waals surface area (Å²) in [6, 6.07) is 29.9. The van der Waals surface area contributed by atoms with Gasteiger partial charge in [0.25, 0.3) is 0 Å². The summed E-state index contributed by atoms with van der Waals surface area (Å²) in [6.45, 7) is 3.85. The lowest BCUT2D eigenvalue weighted by Crippen LogP contribution is -2.42. The van der Waals surface area contributed by atoms with Gasteiger partial charge in [-0.25, -0.2) is 0 Å². The summed E-state index contributed by atoms with van der Waals surface area (Å²) in [5, 5.41) is 4.20. The van der Waals surface area contributed by atoms with Gasteiger partial charge in [-0.3, -0.25) is 0 Å². The van der Waals surface area contributed by atoms with E-state index in [0.29, 0.717) is 19.8 Å². The maximum atomic E-state index is 9.57. The average Bonchev–Trinajstić information content (AvgIpc) is 3.08. The van der Waals surface area contributed by atoms with E-state index in [1.54, 1.807) is 0 Å². The van der Waals surface area contributed by atoms with E-state index in [9.17, 15) is 5.53 Å². The van der Waals surface area contributed by atoms with Crippen LogP contribution in [0.15, 0.2) is 96.1 Å². The van der Waals surface area contributed by atoms with Crippen molar-refractivity contribution in [2.75, 3.05) is 6.61 Å². The van der Waals surface area contributed by atoms with Crippen LogP contribution >= 0.6 is 0 Å². The Morgan fingerprint density at radius 1 is 0.578 bits per heavy atom. The number of ether oxygens (including phenoxy) is 3. The topological polar surface area (TPSA) is 76.5 Å². The van der Waals surface area contributed by atoms with E-state index in [1.807, 2.05) is 66.7 Å². The zero-order chi connectivity index (χ0) is 31.6. The molecule has 0 saturated heterocycles. The highest BCUT2D eigenvalue weighted by Gasteiger charge is 2.31. The van der Waals surface area contributed by atoms with E-state index >= 15 is 0 Å². The molecule has 3 atom stereocenters. The van der Waals surface area contributed by atoms with Crippen molar-refractivity contribution in [2.24, 2.45) is 5.11 Å². The summed E-state index contributed by atoms with van der Waals surface area (Å²) in [5.74, 6) is 0. The van der Waals surface area contributed by atoms with E-state index in [0.717, 1.165) is 36.0 Å². The monoisotopic (exact) mass is 613 g/mol. The molecule has 0 heterocycles. The first-order valence-corrected chi connectivity index (χ1v) is 17.3. The molecule has 6 heteroatoms. The fraction of sp³-hybridized carbons (Fsp3) is 0.538. The Morgan fingerprint density at radius 3 is 1.51 bits per heavy atom. The summed E-state index contributed by atoms with van der Waals surface area (Å²) in [7, 11) is 0. The molecule has 0 bridgehead atoms. The lowest BCUT2D eigenvalue weighted by molar-refractivity contribution is -0.108. The molecule has 0 saturated carbocycles. The van der Waals surface area contributed by atoms with Crippen molar-refractivity contribution in [3.8, 4) is 0 Å². The first-order valence-electron chi connectivity index (χ1n) is 17.3. The quantitative estimate of drug-likeness (QED) is 0.0391. The molecular formula is C39H55N3O3. The van der Waals surface area contributed by atoms with Crippen LogP contribution in [0.3, 0.4) is 0 Å². The highest BCUT2D eigenvalue weighted by molar-refractivity contribution is 5.15. The molecule has 0 unspecified atom stereocenters. The van der Waals surface area contributed by atoms with Gasteiger partial charge in [-0.05, 0) is 28.6 Å². The zero-order valence-electron chi connectivity index (χ0n) is 27.5. The third-order valence-electron chi connectivity index (χ3n) is 8.28. The molecule has 6 nitrogen and oxygen atoms in total. The average molecular weight is 614 g/mol. The van der Waals surface area contributed by atoms with E-state index in [4.69, 9.17) is 14.2 Å². The second-order valence-corrected chi connectivity index (χ2v) is 12.0. The maximum absolute atomic E-state index is 9.57.